The molecule has 0 aliphatic heterocycles. The molecule has 0 fully saturated rings. The van der Waals surface area contributed by atoms with E-state index in [1.807, 2.05) is 12.1 Å². The monoisotopic (exact) mass is 364 g/mol. The molecule has 0 aliphatic carbocycles. The molecule has 0 saturated heterocycles. The first-order valence-corrected chi connectivity index (χ1v) is 6.33. The number of halogens is 2. The number of hydrogen-bond donors (Lipinski definition) is 2. The molecular formula is C10H10ClIN4O. The normalized spacial score (nSPS) is 12.5. The molecule has 2 rings (SSSR count). The molecule has 0 radical (unpaired) electrons. The predicted molar refractivity (Wildman–Crippen MR) is 74.4 cm³/mol. The summed E-state index contributed by atoms with van der Waals surface area (Å²) in [6.07, 6.45) is 0. The molecule has 1 aromatic carbocycles. The molecule has 3 N–H and O–H groups in total. The van der Waals surface area contributed by atoms with Crippen LogP contribution in [0.1, 0.15) is 18.9 Å². The lowest BCUT2D eigenvalue weighted by Gasteiger charge is -2.04. The number of nitrogens with one attached hydrogen (secondary N) is 1. The van der Waals surface area contributed by atoms with Crippen LogP contribution in [-0.4, -0.2) is 10.2 Å². The highest BCUT2D eigenvalue weighted by atomic mass is 127. The lowest BCUT2D eigenvalue weighted by atomic mass is 10.3. The van der Waals surface area contributed by atoms with Gasteiger partial charge in [0.15, 0.2) is 0 Å². The molecule has 0 saturated carbocycles. The van der Waals surface area contributed by atoms with Crippen LogP contribution in [0.3, 0.4) is 0 Å². The fourth-order valence-corrected chi connectivity index (χ4v) is 1.83. The molecular weight excluding hydrogens is 354 g/mol. The smallest absolute Gasteiger partial charge is 0.320 e. The highest BCUT2D eigenvalue weighted by Gasteiger charge is 2.11. The van der Waals surface area contributed by atoms with Crippen molar-refractivity contribution in [2.45, 2.75) is 13.0 Å². The summed E-state index contributed by atoms with van der Waals surface area (Å²) in [5.41, 5.74) is 6.34. The molecule has 1 unspecified atom stereocenters. The Morgan fingerprint density at radius 1 is 1.47 bits per heavy atom. The number of nitrogens with zero attached hydrogens (tertiary/aromatic N) is 2. The summed E-state index contributed by atoms with van der Waals surface area (Å²) in [6, 6.07) is 5.59. The highest BCUT2D eigenvalue weighted by molar-refractivity contribution is 14.1. The van der Waals surface area contributed by atoms with E-state index in [0.717, 1.165) is 9.26 Å². The van der Waals surface area contributed by atoms with E-state index in [0.29, 0.717) is 10.9 Å². The van der Waals surface area contributed by atoms with Gasteiger partial charge in [0, 0.05) is 3.57 Å². The van der Waals surface area contributed by atoms with Gasteiger partial charge >= 0.3 is 6.01 Å². The topological polar surface area (TPSA) is 77.0 Å². The Balaban J connectivity index is 2.22. The zero-order chi connectivity index (χ0) is 12.4. The minimum Gasteiger partial charge on any atom is -0.406 e. The molecule has 5 nitrogen and oxygen atoms in total. The zero-order valence-corrected chi connectivity index (χ0v) is 11.9. The Labute approximate surface area is 117 Å². The first-order valence-electron chi connectivity index (χ1n) is 4.87. The van der Waals surface area contributed by atoms with E-state index in [1.54, 1.807) is 13.0 Å². The van der Waals surface area contributed by atoms with Crippen LogP contribution in [-0.2, 0) is 0 Å². The van der Waals surface area contributed by atoms with Gasteiger partial charge < -0.3 is 15.5 Å². The summed E-state index contributed by atoms with van der Waals surface area (Å²) in [5.74, 6) is 0.384. The van der Waals surface area contributed by atoms with Crippen molar-refractivity contribution in [2.75, 3.05) is 5.32 Å². The maximum absolute atomic E-state index is 6.04. The highest BCUT2D eigenvalue weighted by Crippen LogP contribution is 2.27. The third-order valence-corrected chi connectivity index (χ3v) is 3.00. The number of aromatic nitrogens is 2. The Morgan fingerprint density at radius 2 is 2.24 bits per heavy atom. The van der Waals surface area contributed by atoms with E-state index in [4.69, 9.17) is 21.8 Å². The molecule has 0 aliphatic rings. The standard InChI is InChI=1S/C10H10ClIN4O/c1-5(13)9-15-16-10(17-9)14-8-4-6(12)2-3-7(8)11/h2-5H,13H2,1H3,(H,14,16). The fourth-order valence-electron chi connectivity index (χ4n) is 1.18. The lowest BCUT2D eigenvalue weighted by Crippen LogP contribution is -2.04. The average Bonchev–Trinajstić information content (AvgIpc) is 2.72. The summed E-state index contributed by atoms with van der Waals surface area (Å²) in [6.45, 7) is 1.77. The van der Waals surface area contributed by atoms with Gasteiger partial charge in [0.1, 0.15) is 0 Å². The molecule has 17 heavy (non-hydrogen) atoms. The number of rotatable bonds is 3. The molecule has 0 spiro atoms. The Morgan fingerprint density at radius 3 is 2.88 bits per heavy atom. The quantitative estimate of drug-likeness (QED) is 0.819. The van der Waals surface area contributed by atoms with Crippen molar-refractivity contribution in [3.63, 3.8) is 0 Å². The molecule has 0 amide bonds. The van der Waals surface area contributed by atoms with E-state index in [-0.39, 0.29) is 12.1 Å². The molecule has 90 valence electrons. The van der Waals surface area contributed by atoms with Crippen molar-refractivity contribution in [1.82, 2.24) is 10.2 Å². The second-order valence-corrected chi connectivity index (χ2v) is 5.14. The van der Waals surface area contributed by atoms with Crippen LogP contribution in [0.2, 0.25) is 5.02 Å². The van der Waals surface area contributed by atoms with E-state index >= 15 is 0 Å². The summed E-state index contributed by atoms with van der Waals surface area (Å²) in [4.78, 5) is 0. The molecule has 1 heterocycles. The van der Waals surface area contributed by atoms with Crippen LogP contribution < -0.4 is 11.1 Å². The average molecular weight is 365 g/mol. The van der Waals surface area contributed by atoms with Crippen molar-refractivity contribution in [3.05, 3.63) is 32.7 Å². The van der Waals surface area contributed by atoms with Crippen molar-refractivity contribution in [1.29, 1.82) is 0 Å². The van der Waals surface area contributed by atoms with E-state index in [2.05, 4.69) is 38.1 Å². The third-order valence-electron chi connectivity index (χ3n) is 2.00. The van der Waals surface area contributed by atoms with Crippen LogP contribution in [0.4, 0.5) is 11.7 Å². The summed E-state index contributed by atoms with van der Waals surface area (Å²) < 4.78 is 6.38. The Bertz CT molecular complexity index is 529. The van der Waals surface area contributed by atoms with Crippen LogP contribution in [0, 0.1) is 3.57 Å². The summed E-state index contributed by atoms with van der Waals surface area (Å²) in [7, 11) is 0. The number of benzene rings is 1. The number of anilines is 2. The van der Waals surface area contributed by atoms with Crippen molar-refractivity contribution < 1.29 is 4.42 Å². The SMILES string of the molecule is CC(N)c1nnc(Nc2cc(I)ccc2Cl)o1. The molecule has 7 heteroatoms. The minimum atomic E-state index is -0.288. The lowest BCUT2D eigenvalue weighted by molar-refractivity contribution is 0.475. The molecule has 1 atom stereocenters. The van der Waals surface area contributed by atoms with Crippen molar-refractivity contribution >= 4 is 45.9 Å². The number of nitrogens with two attached hydrogens (primary N) is 1. The maximum Gasteiger partial charge on any atom is 0.320 e. The van der Waals surface area contributed by atoms with Gasteiger partial charge in [-0.25, -0.2) is 0 Å². The van der Waals surface area contributed by atoms with E-state index in [9.17, 15) is 0 Å². The van der Waals surface area contributed by atoms with Crippen molar-refractivity contribution in [2.24, 2.45) is 5.73 Å². The molecule has 0 bridgehead atoms. The fraction of sp³-hybridized carbons (Fsp3) is 0.200. The number of hydrogen-bond acceptors (Lipinski definition) is 5. The zero-order valence-electron chi connectivity index (χ0n) is 8.95. The Kier molecular flexibility index (Phi) is 3.85. The van der Waals surface area contributed by atoms with Gasteiger partial charge in [0.2, 0.25) is 5.89 Å². The Hall–Kier alpha value is -0.860. The van der Waals surface area contributed by atoms with Gasteiger partial charge in [0.25, 0.3) is 0 Å². The van der Waals surface area contributed by atoms with Crippen molar-refractivity contribution in [3.8, 4) is 0 Å². The second-order valence-electron chi connectivity index (χ2n) is 3.48. The first-order chi connectivity index (χ1) is 8.06. The van der Waals surface area contributed by atoms with Crippen LogP contribution in [0.5, 0.6) is 0 Å². The van der Waals surface area contributed by atoms with Gasteiger partial charge in [-0.3, -0.25) is 0 Å². The van der Waals surface area contributed by atoms with Crippen LogP contribution in [0.15, 0.2) is 22.6 Å². The van der Waals surface area contributed by atoms with E-state index < -0.39 is 0 Å². The summed E-state index contributed by atoms with van der Waals surface area (Å²) in [5, 5.41) is 11.2. The minimum absolute atomic E-state index is 0.279. The van der Waals surface area contributed by atoms with Gasteiger partial charge in [-0.15, -0.1) is 5.10 Å². The predicted octanol–water partition coefficient (Wildman–Crippen LogP) is 3.09. The summed E-state index contributed by atoms with van der Waals surface area (Å²) >= 11 is 8.23. The maximum atomic E-state index is 6.04. The molecule has 1 aromatic heterocycles. The second kappa shape index (κ2) is 5.19. The van der Waals surface area contributed by atoms with Gasteiger partial charge in [-0.1, -0.05) is 16.7 Å². The first kappa shape index (κ1) is 12.6. The van der Waals surface area contributed by atoms with Gasteiger partial charge in [-0.2, -0.15) is 0 Å². The van der Waals surface area contributed by atoms with Crippen LogP contribution in [0.25, 0.3) is 0 Å². The van der Waals surface area contributed by atoms with E-state index in [1.165, 1.54) is 0 Å². The van der Waals surface area contributed by atoms with Gasteiger partial charge in [-0.05, 0) is 47.7 Å². The molecule has 2 aromatic rings. The largest absolute Gasteiger partial charge is 0.406 e. The van der Waals surface area contributed by atoms with Gasteiger partial charge in [0.05, 0.1) is 16.8 Å². The third kappa shape index (κ3) is 3.08. The van der Waals surface area contributed by atoms with Crippen LogP contribution >= 0.6 is 34.2 Å².